The number of carbonyl (C=O) groups is 2. The van der Waals surface area contributed by atoms with Gasteiger partial charge in [0, 0.05) is 6.54 Å². The van der Waals surface area contributed by atoms with Crippen LogP contribution in [0.2, 0.25) is 0 Å². The monoisotopic (exact) mass is 288 g/mol. The van der Waals surface area contributed by atoms with E-state index in [4.69, 9.17) is 0 Å². The number of benzene rings is 1. The smallest absolute Gasteiger partial charge is 0.245 e. The van der Waals surface area contributed by atoms with Gasteiger partial charge in [0.1, 0.15) is 6.04 Å². The lowest BCUT2D eigenvalue weighted by Crippen LogP contribution is -2.58. The molecule has 1 aromatic rings. The van der Waals surface area contributed by atoms with Crippen molar-refractivity contribution in [2.24, 2.45) is 0 Å². The largest absolute Gasteiger partial charge is 0.387 e. The molecule has 5 heteroatoms. The minimum atomic E-state index is -0.754. The molecule has 1 aromatic carbocycles. The van der Waals surface area contributed by atoms with Crippen molar-refractivity contribution in [1.29, 1.82) is 0 Å². The van der Waals surface area contributed by atoms with E-state index in [0.29, 0.717) is 6.54 Å². The van der Waals surface area contributed by atoms with Gasteiger partial charge < -0.3 is 14.9 Å². The van der Waals surface area contributed by atoms with Gasteiger partial charge in [-0.25, -0.2) is 0 Å². The predicted octanol–water partition coefficient (Wildman–Crippen LogP) is 0.862. The van der Waals surface area contributed by atoms with E-state index in [1.807, 2.05) is 31.2 Å². The van der Waals surface area contributed by atoms with Crippen LogP contribution in [0.5, 0.6) is 0 Å². The van der Waals surface area contributed by atoms with Gasteiger partial charge in [-0.1, -0.05) is 24.3 Å². The lowest BCUT2D eigenvalue weighted by Gasteiger charge is -2.37. The number of β-amino-alcohol motifs (C(OH)–C–C–N with tert-alkyl or cyclic N) is 1. The summed E-state index contributed by atoms with van der Waals surface area (Å²) in [4.78, 5) is 27.7. The van der Waals surface area contributed by atoms with Crippen molar-refractivity contribution >= 4 is 11.8 Å². The number of aliphatic hydroxyl groups is 1. The molecule has 2 amide bonds. The minimum Gasteiger partial charge on any atom is -0.387 e. The molecule has 2 atom stereocenters. The topological polar surface area (TPSA) is 60.9 Å². The predicted molar refractivity (Wildman–Crippen MR) is 77.5 cm³/mol. The Morgan fingerprint density at radius 2 is 2.10 bits per heavy atom. The summed E-state index contributed by atoms with van der Waals surface area (Å²) in [6.07, 6.45) is 0.869. The van der Waals surface area contributed by atoms with Gasteiger partial charge in [0.05, 0.1) is 19.2 Å². The number of hydrogen-bond donors (Lipinski definition) is 1. The molecule has 2 saturated heterocycles. The van der Waals surface area contributed by atoms with Crippen molar-refractivity contribution in [3.8, 4) is 0 Å². The summed E-state index contributed by atoms with van der Waals surface area (Å²) in [7, 11) is 0. The molecule has 0 aliphatic carbocycles. The Balaban J connectivity index is 1.74. The lowest BCUT2D eigenvalue weighted by atomic mass is 10.0. The SMILES string of the molecule is Cc1ccccc1C(O)CN1CC(=O)N2CCCC2C1=O. The molecule has 2 unspecified atom stereocenters. The number of aliphatic hydroxyl groups excluding tert-OH is 1. The van der Waals surface area contributed by atoms with Gasteiger partial charge in [0.15, 0.2) is 0 Å². The van der Waals surface area contributed by atoms with Gasteiger partial charge in [-0.05, 0) is 30.9 Å². The van der Waals surface area contributed by atoms with E-state index in [9.17, 15) is 14.7 Å². The summed E-state index contributed by atoms with van der Waals surface area (Å²) >= 11 is 0. The van der Waals surface area contributed by atoms with Crippen molar-refractivity contribution in [1.82, 2.24) is 9.80 Å². The summed E-state index contributed by atoms with van der Waals surface area (Å²) in [6, 6.07) is 7.26. The first-order valence-corrected chi connectivity index (χ1v) is 7.40. The highest BCUT2D eigenvalue weighted by atomic mass is 16.3. The number of aryl methyl sites for hydroxylation is 1. The molecular weight excluding hydrogens is 268 g/mol. The second kappa shape index (κ2) is 5.48. The lowest BCUT2D eigenvalue weighted by molar-refractivity contribution is -0.154. The summed E-state index contributed by atoms with van der Waals surface area (Å²) in [5.41, 5.74) is 1.80. The molecule has 3 rings (SSSR count). The number of carbonyl (C=O) groups excluding carboxylic acids is 2. The molecule has 5 nitrogen and oxygen atoms in total. The van der Waals surface area contributed by atoms with Gasteiger partial charge in [0.25, 0.3) is 0 Å². The molecule has 0 bridgehead atoms. The van der Waals surface area contributed by atoms with E-state index in [1.54, 1.807) is 4.90 Å². The van der Waals surface area contributed by atoms with E-state index < -0.39 is 6.10 Å². The van der Waals surface area contributed by atoms with Crippen LogP contribution in [-0.2, 0) is 9.59 Å². The molecule has 0 spiro atoms. The van der Waals surface area contributed by atoms with Crippen molar-refractivity contribution < 1.29 is 14.7 Å². The second-order valence-electron chi connectivity index (χ2n) is 5.84. The highest BCUT2D eigenvalue weighted by Gasteiger charge is 2.42. The molecule has 2 fully saturated rings. The number of rotatable bonds is 3. The van der Waals surface area contributed by atoms with Gasteiger partial charge in [-0.2, -0.15) is 0 Å². The number of amides is 2. The molecule has 0 aromatic heterocycles. The maximum atomic E-state index is 12.4. The van der Waals surface area contributed by atoms with Crippen LogP contribution in [0, 0.1) is 6.92 Å². The molecule has 112 valence electrons. The standard InChI is InChI=1S/C16H20N2O3/c1-11-5-2-3-6-12(11)14(19)9-17-10-15(20)18-8-4-7-13(18)16(17)21/h2-3,5-6,13-14,19H,4,7-10H2,1H3. The number of nitrogens with zero attached hydrogens (tertiary/aromatic N) is 2. The summed E-state index contributed by atoms with van der Waals surface area (Å²) < 4.78 is 0. The third-order valence-electron chi connectivity index (χ3n) is 4.44. The summed E-state index contributed by atoms with van der Waals surface area (Å²) in [5, 5.41) is 10.4. The molecule has 0 radical (unpaired) electrons. The zero-order valence-corrected chi connectivity index (χ0v) is 12.2. The maximum absolute atomic E-state index is 12.4. The number of fused-ring (bicyclic) bond motifs is 1. The van der Waals surface area contributed by atoms with Crippen LogP contribution in [0.3, 0.4) is 0 Å². The van der Waals surface area contributed by atoms with E-state index in [-0.39, 0.29) is 30.9 Å². The van der Waals surface area contributed by atoms with Crippen molar-refractivity contribution in [2.75, 3.05) is 19.6 Å². The van der Waals surface area contributed by atoms with Crippen molar-refractivity contribution in [3.63, 3.8) is 0 Å². The Kier molecular flexibility index (Phi) is 3.68. The van der Waals surface area contributed by atoms with Crippen LogP contribution in [0.15, 0.2) is 24.3 Å². The minimum absolute atomic E-state index is 0.00548. The van der Waals surface area contributed by atoms with Crippen LogP contribution < -0.4 is 0 Å². The molecule has 1 N–H and O–H groups in total. The number of hydrogen-bond acceptors (Lipinski definition) is 3. The quantitative estimate of drug-likeness (QED) is 0.897. The first-order valence-electron chi connectivity index (χ1n) is 7.40. The molecule has 2 aliphatic heterocycles. The van der Waals surface area contributed by atoms with Crippen LogP contribution in [-0.4, -0.2) is 52.4 Å². The fourth-order valence-corrected chi connectivity index (χ4v) is 3.29. The molecule has 2 heterocycles. The van der Waals surface area contributed by atoms with Crippen LogP contribution in [0.25, 0.3) is 0 Å². The zero-order chi connectivity index (χ0) is 15.0. The Morgan fingerprint density at radius 3 is 2.86 bits per heavy atom. The van der Waals surface area contributed by atoms with Crippen molar-refractivity contribution in [2.45, 2.75) is 31.9 Å². The van der Waals surface area contributed by atoms with Gasteiger partial charge in [-0.3, -0.25) is 9.59 Å². The normalized spacial score (nSPS) is 23.4. The Hall–Kier alpha value is -1.88. The Morgan fingerprint density at radius 1 is 1.33 bits per heavy atom. The van der Waals surface area contributed by atoms with Crippen LogP contribution >= 0.6 is 0 Å². The first-order chi connectivity index (χ1) is 10.1. The van der Waals surface area contributed by atoms with Gasteiger partial charge in [-0.15, -0.1) is 0 Å². The fourth-order valence-electron chi connectivity index (χ4n) is 3.29. The van der Waals surface area contributed by atoms with E-state index >= 15 is 0 Å². The maximum Gasteiger partial charge on any atom is 0.245 e. The highest BCUT2D eigenvalue weighted by molar-refractivity contribution is 5.95. The Labute approximate surface area is 124 Å². The third kappa shape index (κ3) is 2.53. The molecular formula is C16H20N2O3. The average molecular weight is 288 g/mol. The average Bonchev–Trinajstić information content (AvgIpc) is 2.95. The Bertz CT molecular complexity index is 572. The first kappa shape index (κ1) is 14.1. The highest BCUT2D eigenvalue weighted by Crippen LogP contribution is 2.26. The second-order valence-corrected chi connectivity index (χ2v) is 5.84. The fraction of sp³-hybridized carbons (Fsp3) is 0.500. The van der Waals surface area contributed by atoms with Gasteiger partial charge >= 0.3 is 0 Å². The van der Waals surface area contributed by atoms with Gasteiger partial charge in [0.2, 0.25) is 11.8 Å². The van der Waals surface area contributed by atoms with Crippen LogP contribution in [0.4, 0.5) is 0 Å². The summed E-state index contributed by atoms with van der Waals surface area (Å²) in [5.74, 6) is -0.0335. The van der Waals surface area contributed by atoms with E-state index in [1.165, 1.54) is 4.90 Å². The third-order valence-corrected chi connectivity index (χ3v) is 4.44. The van der Waals surface area contributed by atoms with Crippen molar-refractivity contribution in [3.05, 3.63) is 35.4 Å². The molecule has 2 aliphatic rings. The molecule has 0 saturated carbocycles. The van der Waals surface area contributed by atoms with E-state index in [0.717, 1.165) is 24.0 Å². The van der Waals surface area contributed by atoms with Crippen LogP contribution in [0.1, 0.15) is 30.1 Å². The number of piperazine rings is 1. The molecule has 21 heavy (non-hydrogen) atoms. The zero-order valence-electron chi connectivity index (χ0n) is 12.2. The summed E-state index contributed by atoms with van der Waals surface area (Å²) in [6.45, 7) is 2.88. The van der Waals surface area contributed by atoms with E-state index in [2.05, 4.69) is 0 Å².